The van der Waals surface area contributed by atoms with Gasteiger partial charge in [-0.1, -0.05) is 12.1 Å². The minimum atomic E-state index is 0.316. The van der Waals surface area contributed by atoms with Gasteiger partial charge in [-0.3, -0.25) is 4.90 Å². The lowest BCUT2D eigenvalue weighted by Gasteiger charge is -2.26. The van der Waals surface area contributed by atoms with Crippen LogP contribution < -0.4 is 0 Å². The number of rotatable bonds is 3. The summed E-state index contributed by atoms with van der Waals surface area (Å²) in [4.78, 5) is 7.03. The molecule has 2 aromatic heterocycles. The zero-order valence-electron chi connectivity index (χ0n) is 14.0. The van der Waals surface area contributed by atoms with Crippen LogP contribution in [0.3, 0.4) is 0 Å². The molecule has 0 bridgehead atoms. The average Bonchev–Trinajstić information content (AvgIpc) is 3.25. The second kappa shape index (κ2) is 5.53. The maximum absolute atomic E-state index is 6.18. The summed E-state index contributed by atoms with van der Waals surface area (Å²) in [7, 11) is 1.99. The van der Waals surface area contributed by atoms with Gasteiger partial charge in [0.15, 0.2) is 0 Å². The highest BCUT2D eigenvalue weighted by Gasteiger charge is 2.28. The lowest BCUT2D eigenvalue weighted by Crippen LogP contribution is -2.29. The number of aryl methyl sites for hydroxylation is 1. The van der Waals surface area contributed by atoms with Gasteiger partial charge in [0, 0.05) is 30.2 Å². The monoisotopic (exact) mass is 309 g/mol. The van der Waals surface area contributed by atoms with Crippen molar-refractivity contribution in [3.05, 3.63) is 42.5 Å². The third-order valence-corrected chi connectivity index (χ3v) is 5.07. The van der Waals surface area contributed by atoms with E-state index in [1.807, 2.05) is 36.3 Å². The molecule has 1 aliphatic rings. The zero-order chi connectivity index (χ0) is 16.0. The van der Waals surface area contributed by atoms with Crippen molar-refractivity contribution in [3.8, 4) is 11.3 Å². The molecule has 23 heavy (non-hydrogen) atoms. The normalized spacial score (nSPS) is 20.4. The molecule has 120 valence electrons. The fraction of sp³-hybridized carbons (Fsp3) is 0.421. The Kier molecular flexibility index (Phi) is 3.49. The predicted octanol–water partition coefficient (Wildman–Crippen LogP) is 4.38. The SMILES string of the molecule is CC1CCCN1C(C)c1cc2c(-c3cn(C)cn3)cccc2o1. The van der Waals surface area contributed by atoms with E-state index in [4.69, 9.17) is 4.42 Å². The Morgan fingerprint density at radius 2 is 2.22 bits per heavy atom. The van der Waals surface area contributed by atoms with Gasteiger partial charge in [0.2, 0.25) is 0 Å². The molecule has 0 radical (unpaired) electrons. The molecule has 2 unspecified atom stereocenters. The van der Waals surface area contributed by atoms with Crippen LogP contribution in [0.1, 0.15) is 38.5 Å². The molecule has 3 aromatic rings. The Morgan fingerprint density at radius 3 is 2.91 bits per heavy atom. The Morgan fingerprint density at radius 1 is 1.35 bits per heavy atom. The summed E-state index contributed by atoms with van der Waals surface area (Å²) in [6, 6.07) is 9.36. The lowest BCUT2D eigenvalue weighted by atomic mass is 10.1. The molecule has 1 saturated heterocycles. The molecular formula is C19H23N3O. The first kappa shape index (κ1) is 14.5. The Bertz CT molecular complexity index is 832. The lowest BCUT2D eigenvalue weighted by molar-refractivity contribution is 0.184. The van der Waals surface area contributed by atoms with Gasteiger partial charge in [-0.25, -0.2) is 4.98 Å². The van der Waals surface area contributed by atoms with E-state index in [1.165, 1.54) is 12.8 Å². The van der Waals surface area contributed by atoms with Gasteiger partial charge in [0.1, 0.15) is 11.3 Å². The second-order valence-electron chi connectivity index (χ2n) is 6.70. The Labute approximate surface area is 136 Å². The van der Waals surface area contributed by atoms with Crippen molar-refractivity contribution >= 4 is 11.0 Å². The van der Waals surface area contributed by atoms with Crippen molar-refractivity contribution in [2.24, 2.45) is 7.05 Å². The van der Waals surface area contributed by atoms with Crippen molar-refractivity contribution in [1.82, 2.24) is 14.5 Å². The third-order valence-electron chi connectivity index (χ3n) is 5.07. The van der Waals surface area contributed by atoms with Gasteiger partial charge in [-0.15, -0.1) is 0 Å². The van der Waals surface area contributed by atoms with E-state index >= 15 is 0 Å². The standard InChI is InChI=1S/C19H23N3O/c1-13-6-5-9-22(13)14(2)19-10-16-15(7-4-8-18(16)23-19)17-11-21(3)12-20-17/h4,7-8,10-14H,5-6,9H2,1-3H3. The molecule has 0 amide bonds. The second-order valence-corrected chi connectivity index (χ2v) is 6.70. The smallest absolute Gasteiger partial charge is 0.135 e. The molecule has 0 saturated carbocycles. The minimum absolute atomic E-state index is 0.316. The summed E-state index contributed by atoms with van der Waals surface area (Å²) in [5, 5.41) is 1.15. The van der Waals surface area contributed by atoms with E-state index in [1.54, 1.807) is 0 Å². The van der Waals surface area contributed by atoms with Crippen molar-refractivity contribution in [2.45, 2.75) is 38.8 Å². The molecule has 4 heteroatoms. The molecule has 4 rings (SSSR count). The number of fused-ring (bicyclic) bond motifs is 1. The number of hydrogen-bond acceptors (Lipinski definition) is 3. The van der Waals surface area contributed by atoms with Gasteiger partial charge in [-0.2, -0.15) is 0 Å². The number of imidazole rings is 1. The first-order chi connectivity index (χ1) is 11.1. The third kappa shape index (κ3) is 2.47. The van der Waals surface area contributed by atoms with E-state index in [9.17, 15) is 0 Å². The van der Waals surface area contributed by atoms with Crippen LogP contribution >= 0.6 is 0 Å². The van der Waals surface area contributed by atoms with Gasteiger partial charge in [0.05, 0.1) is 18.1 Å². The topological polar surface area (TPSA) is 34.2 Å². The average molecular weight is 309 g/mol. The maximum atomic E-state index is 6.18. The van der Waals surface area contributed by atoms with E-state index in [-0.39, 0.29) is 0 Å². The zero-order valence-corrected chi connectivity index (χ0v) is 14.0. The van der Waals surface area contributed by atoms with Crippen LogP contribution in [0.15, 0.2) is 41.2 Å². The van der Waals surface area contributed by atoms with Crippen LogP contribution in [-0.2, 0) is 7.05 Å². The summed E-state index contributed by atoms with van der Waals surface area (Å²) >= 11 is 0. The van der Waals surface area contributed by atoms with Crippen LogP contribution in [0.25, 0.3) is 22.2 Å². The first-order valence-electron chi connectivity index (χ1n) is 8.40. The van der Waals surface area contributed by atoms with Crippen LogP contribution in [0.5, 0.6) is 0 Å². The molecule has 3 heterocycles. The number of furan rings is 1. The molecule has 0 N–H and O–H groups in total. The van der Waals surface area contributed by atoms with E-state index in [0.29, 0.717) is 12.1 Å². The highest BCUT2D eigenvalue weighted by atomic mass is 16.3. The minimum Gasteiger partial charge on any atom is -0.459 e. The Balaban J connectivity index is 1.76. The molecule has 4 nitrogen and oxygen atoms in total. The van der Waals surface area contributed by atoms with Crippen molar-refractivity contribution in [1.29, 1.82) is 0 Å². The largest absolute Gasteiger partial charge is 0.459 e. The Hall–Kier alpha value is -2.07. The number of likely N-dealkylation sites (tertiary alicyclic amines) is 1. The first-order valence-corrected chi connectivity index (χ1v) is 8.40. The van der Waals surface area contributed by atoms with Crippen LogP contribution in [-0.4, -0.2) is 27.0 Å². The molecule has 2 atom stereocenters. The molecular weight excluding hydrogens is 286 g/mol. The van der Waals surface area contributed by atoms with E-state index < -0.39 is 0 Å². The molecule has 0 spiro atoms. The van der Waals surface area contributed by atoms with Crippen LogP contribution in [0.2, 0.25) is 0 Å². The van der Waals surface area contributed by atoms with Crippen molar-refractivity contribution in [3.63, 3.8) is 0 Å². The number of nitrogens with zero attached hydrogens (tertiary/aromatic N) is 3. The van der Waals surface area contributed by atoms with E-state index in [0.717, 1.165) is 34.5 Å². The summed E-state index contributed by atoms with van der Waals surface area (Å²) in [6.45, 7) is 5.72. The quantitative estimate of drug-likeness (QED) is 0.720. The van der Waals surface area contributed by atoms with Crippen LogP contribution in [0, 0.1) is 0 Å². The number of hydrogen-bond donors (Lipinski definition) is 0. The van der Waals surface area contributed by atoms with Crippen LogP contribution in [0.4, 0.5) is 0 Å². The predicted molar refractivity (Wildman–Crippen MR) is 92.2 cm³/mol. The summed E-state index contributed by atoms with van der Waals surface area (Å²) in [6.07, 6.45) is 6.45. The molecule has 0 aliphatic carbocycles. The molecule has 1 aromatic carbocycles. The molecule has 1 aliphatic heterocycles. The summed E-state index contributed by atoms with van der Waals surface area (Å²) < 4.78 is 8.16. The summed E-state index contributed by atoms with van der Waals surface area (Å²) in [5.41, 5.74) is 3.08. The van der Waals surface area contributed by atoms with Gasteiger partial charge in [0.25, 0.3) is 0 Å². The van der Waals surface area contributed by atoms with Gasteiger partial charge < -0.3 is 8.98 Å². The fourth-order valence-electron chi connectivity index (χ4n) is 3.76. The van der Waals surface area contributed by atoms with Gasteiger partial charge >= 0.3 is 0 Å². The van der Waals surface area contributed by atoms with Crippen molar-refractivity contribution < 1.29 is 4.42 Å². The highest BCUT2D eigenvalue weighted by molar-refractivity contribution is 5.93. The maximum Gasteiger partial charge on any atom is 0.135 e. The fourth-order valence-corrected chi connectivity index (χ4v) is 3.76. The summed E-state index contributed by atoms with van der Waals surface area (Å²) in [5.74, 6) is 1.05. The van der Waals surface area contributed by atoms with Crippen molar-refractivity contribution in [2.75, 3.05) is 6.54 Å². The highest BCUT2D eigenvalue weighted by Crippen LogP contribution is 2.35. The van der Waals surface area contributed by atoms with E-state index in [2.05, 4.69) is 35.9 Å². The van der Waals surface area contributed by atoms with Gasteiger partial charge in [-0.05, 0) is 45.4 Å². The molecule has 1 fully saturated rings. The number of aromatic nitrogens is 2. The number of benzene rings is 1.